The maximum atomic E-state index is 12.6. The van der Waals surface area contributed by atoms with Crippen LogP contribution in [0.3, 0.4) is 0 Å². The van der Waals surface area contributed by atoms with Gasteiger partial charge in [-0.25, -0.2) is 4.79 Å². The molecule has 19 heteroatoms. The fourth-order valence-corrected chi connectivity index (χ4v) is 26.7. The van der Waals surface area contributed by atoms with Crippen LogP contribution in [0.2, 0.25) is 0 Å². The topological polar surface area (TPSA) is 230 Å². The van der Waals surface area contributed by atoms with Gasteiger partial charge in [0.2, 0.25) is 0 Å². The van der Waals surface area contributed by atoms with Crippen molar-refractivity contribution in [2.24, 2.45) is 140 Å². The minimum absolute atomic E-state index is 0.00870. The molecule has 0 N–H and O–H groups in total. The Kier molecular flexibility index (Phi) is 48.2. The van der Waals surface area contributed by atoms with Gasteiger partial charge in [0, 0.05) is 25.7 Å². The van der Waals surface area contributed by atoms with Crippen molar-refractivity contribution in [2.45, 2.75) is 582 Å². The normalized spacial score (nSPS) is 34.6. The molecule has 0 spiro atoms. The molecular weight excluding hydrogens is 1780 g/mol. The van der Waals surface area contributed by atoms with Crippen molar-refractivity contribution in [1.82, 2.24) is 0 Å². The van der Waals surface area contributed by atoms with Crippen molar-refractivity contribution >= 4 is 42.0 Å². The van der Waals surface area contributed by atoms with E-state index in [-0.39, 0.29) is 115 Å². The first kappa shape index (κ1) is 125. The summed E-state index contributed by atoms with van der Waals surface area (Å²) in [7, 11) is 0. The van der Waals surface area contributed by atoms with Gasteiger partial charge in [-0.1, -0.05) is 137 Å². The Morgan fingerprint density at radius 1 is 0.366 bits per heavy atom. The number of esters is 6. The number of fused-ring (bicyclic) bond motifs is 2. The fourth-order valence-electron chi connectivity index (χ4n) is 26.7. The maximum absolute atomic E-state index is 12.6. The van der Waals surface area contributed by atoms with Crippen LogP contribution in [0.4, 0.5) is 4.79 Å². The molecule has 826 valence electrons. The van der Waals surface area contributed by atoms with E-state index in [1.807, 2.05) is 96.9 Å². The molecule has 0 aromatic carbocycles. The van der Waals surface area contributed by atoms with E-state index in [0.717, 1.165) is 158 Å². The molecule has 0 aromatic rings. The predicted octanol–water partition coefficient (Wildman–Crippen LogP) is 31.9. The largest absolute Gasteiger partial charge is 0.509 e. The van der Waals surface area contributed by atoms with Gasteiger partial charge in [0.1, 0.15) is 45.8 Å². The molecule has 19 nitrogen and oxygen atoms in total. The molecule has 142 heavy (non-hydrogen) atoms. The maximum Gasteiger partial charge on any atom is 0.509 e. The first-order chi connectivity index (χ1) is 66.4. The number of rotatable bonds is 30. The van der Waals surface area contributed by atoms with Gasteiger partial charge in [-0.15, -0.1) is 0 Å². The highest BCUT2D eigenvalue weighted by Gasteiger charge is 2.63. The summed E-state index contributed by atoms with van der Waals surface area (Å²) in [5, 5.41) is 0. The minimum atomic E-state index is -0.551. The summed E-state index contributed by atoms with van der Waals surface area (Å²) in [4.78, 5) is 83.5. The third-order valence-corrected chi connectivity index (χ3v) is 39.4. The molecule has 0 aromatic heterocycles. The number of carbonyl (C=O) groups excluding carboxylic acids is 7. The summed E-state index contributed by atoms with van der Waals surface area (Å²) in [6.07, 6.45) is 50.2. The first-order valence-corrected chi connectivity index (χ1v) is 59.2. The zero-order chi connectivity index (χ0) is 106. The molecular formula is C123H220O19. The lowest BCUT2D eigenvalue weighted by Gasteiger charge is -2.60. The van der Waals surface area contributed by atoms with Gasteiger partial charge in [0.25, 0.3) is 0 Å². The van der Waals surface area contributed by atoms with Crippen molar-refractivity contribution in [3.8, 4) is 0 Å². The Morgan fingerprint density at radius 2 is 0.697 bits per heavy atom. The molecule has 16 aliphatic carbocycles. The second-order valence-electron chi connectivity index (χ2n) is 52.8. The summed E-state index contributed by atoms with van der Waals surface area (Å²) in [5.74, 6) is 13.9. The van der Waals surface area contributed by atoms with E-state index >= 15 is 0 Å². The Labute approximate surface area is 869 Å². The summed E-state index contributed by atoms with van der Waals surface area (Å²) < 4.78 is 67.1. The SMILES string of the molecule is CC1CC(=O)OC1(C)C.CC1OC(=O)OC1C.CCC(C)(C)C(=O)OC1(C2CCCCC2)CCCC1.CCC(C)(C)C(=O)OC1(CC)C2CC3CC(C2)CC1C3.CCC(C)(C)C(=O)OC1(CC)C2CC3CC(C2)CC1C3.CCC(C)(C)C(=O)OC1(CC)C2CC3CC(C2)CC1C3.CCC(C)(C)C(=O)OC1(CC)CC2CCC1C2.CCC(C)OCC(C)C.CCC(C)OCC(C)C.CCOC1CCC(C)C(C)O1. The number of carbonyl (C=O) groups is 7. The van der Waals surface area contributed by atoms with E-state index in [1.54, 1.807) is 13.8 Å². The quantitative estimate of drug-likeness (QED) is 0.0480. The van der Waals surface area contributed by atoms with E-state index < -0.39 is 6.16 Å². The average molecular weight is 2000 g/mol. The van der Waals surface area contributed by atoms with Crippen molar-refractivity contribution in [3.05, 3.63) is 0 Å². The molecule has 3 saturated heterocycles. The van der Waals surface area contributed by atoms with E-state index in [1.165, 1.54) is 167 Å². The summed E-state index contributed by atoms with van der Waals surface area (Å²) >= 11 is 0. The monoisotopic (exact) mass is 2000 g/mol. The Hall–Kier alpha value is -4.07. The molecule has 3 aliphatic heterocycles. The molecule has 14 bridgehead atoms. The molecule has 11 unspecified atom stereocenters. The molecule has 0 radical (unpaired) electrons. The molecule has 19 rings (SSSR count). The first-order valence-electron chi connectivity index (χ1n) is 59.2. The van der Waals surface area contributed by atoms with Crippen molar-refractivity contribution in [2.75, 3.05) is 19.8 Å². The highest BCUT2D eigenvalue weighted by molar-refractivity contribution is 5.79. The Balaban J connectivity index is 0.000000218. The molecule has 0 amide bonds. The van der Waals surface area contributed by atoms with Crippen molar-refractivity contribution in [3.63, 3.8) is 0 Å². The standard InChI is InChI=1S/3C18H30O2.C17H30O2.C15H26O2.C9H18O2.2C8H18O.C7H12O2.C5H8O3/c3*1-5-17(3,4)16(19)20-18(6-2)14-8-12-7-13(10-14)11-15(18)9-12;1-4-16(2,3)15(18)19-17(12-8-9-13-17)14-10-6-5-7-11-14;1-5-14(3,4)13(16)17-15(6-2)10-11-7-8-12(15)9-11;1-4-10-9-6-5-7(2)8(3)11-9;2*1-5-8(4)9-6-7(2)3;1-5-4-6(8)9-7(5,2)3;1-3-4(2)8-5(6)7-3/h3*12-15H,5-11H2,1-4H3;14H,4-13H2,1-3H3;11-12H,5-10H2,1-4H3;7-9H,4-6H2,1-3H3;2*7-8H,5-6H2,1-4H3;5H,4H2,1-3H3;3-4H,1-2H3. The van der Waals surface area contributed by atoms with Crippen LogP contribution in [0.1, 0.15) is 512 Å². The van der Waals surface area contributed by atoms with E-state index in [2.05, 4.69) is 141 Å². The van der Waals surface area contributed by atoms with Crippen LogP contribution in [-0.4, -0.2) is 132 Å². The lowest BCUT2D eigenvalue weighted by molar-refractivity contribution is -0.218. The lowest BCUT2D eigenvalue weighted by atomic mass is 9.49. The van der Waals surface area contributed by atoms with Crippen LogP contribution in [0.5, 0.6) is 0 Å². The van der Waals surface area contributed by atoms with Gasteiger partial charge in [-0.2, -0.15) is 0 Å². The van der Waals surface area contributed by atoms with Crippen LogP contribution in [0.25, 0.3) is 0 Å². The van der Waals surface area contributed by atoms with E-state index in [4.69, 9.17) is 47.4 Å². The van der Waals surface area contributed by atoms with E-state index in [0.29, 0.717) is 95.7 Å². The average Bonchev–Trinajstić information content (AvgIpc) is 0.855. The highest BCUT2D eigenvalue weighted by atomic mass is 16.8. The zero-order valence-electron chi connectivity index (χ0n) is 98.0. The van der Waals surface area contributed by atoms with Crippen molar-refractivity contribution in [1.29, 1.82) is 0 Å². The summed E-state index contributed by atoms with van der Waals surface area (Å²) in [5.41, 5.74) is -2.50. The third kappa shape index (κ3) is 33.0. The Morgan fingerprint density at radius 3 is 0.937 bits per heavy atom. The number of cyclic esters (lactones) is 3. The molecule has 3 heterocycles. The van der Waals surface area contributed by atoms with Crippen LogP contribution in [0, 0.1) is 140 Å². The molecule has 16 saturated carbocycles. The summed E-state index contributed by atoms with van der Waals surface area (Å²) in [6.45, 7) is 75.0. The fraction of sp³-hybridized carbons (Fsp3) is 0.943. The van der Waals surface area contributed by atoms with Crippen LogP contribution < -0.4 is 0 Å². The van der Waals surface area contributed by atoms with Gasteiger partial charge in [-0.05, 0) is 475 Å². The smallest absolute Gasteiger partial charge is 0.459 e. The molecule has 19 aliphatic rings. The number of ether oxygens (including phenoxy) is 12. The lowest BCUT2D eigenvalue weighted by Crippen LogP contribution is -2.60. The van der Waals surface area contributed by atoms with Crippen LogP contribution in [-0.2, 0) is 85.6 Å². The minimum Gasteiger partial charge on any atom is -0.459 e. The van der Waals surface area contributed by atoms with Gasteiger partial charge < -0.3 is 56.8 Å². The highest BCUT2D eigenvalue weighted by Crippen LogP contribution is 2.65. The third-order valence-electron chi connectivity index (χ3n) is 39.4. The van der Waals surface area contributed by atoms with Crippen molar-refractivity contribution < 1.29 is 90.4 Å². The van der Waals surface area contributed by atoms with Crippen LogP contribution in [0.15, 0.2) is 0 Å². The predicted molar refractivity (Wildman–Crippen MR) is 573 cm³/mol. The second-order valence-corrected chi connectivity index (χ2v) is 52.8. The van der Waals surface area contributed by atoms with Gasteiger partial charge in [0.05, 0.1) is 51.8 Å². The van der Waals surface area contributed by atoms with Gasteiger partial charge in [0.15, 0.2) is 6.29 Å². The van der Waals surface area contributed by atoms with Gasteiger partial charge in [-0.3, -0.25) is 28.8 Å². The molecule has 19 fully saturated rings. The summed E-state index contributed by atoms with van der Waals surface area (Å²) in [6, 6.07) is 0. The van der Waals surface area contributed by atoms with Gasteiger partial charge >= 0.3 is 42.0 Å². The molecule has 11 atom stereocenters. The zero-order valence-corrected chi connectivity index (χ0v) is 98.0. The van der Waals surface area contributed by atoms with Crippen LogP contribution >= 0.6 is 0 Å². The Bertz CT molecular complexity index is 3500. The second kappa shape index (κ2) is 54.8. The number of hydrogen-bond acceptors (Lipinski definition) is 19. The van der Waals surface area contributed by atoms with E-state index in [9.17, 15) is 33.6 Å². The number of hydrogen-bond donors (Lipinski definition) is 0.